The van der Waals surface area contributed by atoms with Crippen molar-refractivity contribution >= 4 is 59.1 Å². The molecule has 4 aromatic heterocycles. The van der Waals surface area contributed by atoms with E-state index in [-0.39, 0.29) is 36.4 Å². The number of rotatable bonds is 4. The summed E-state index contributed by atoms with van der Waals surface area (Å²) in [5.74, 6) is 0.655. The molecule has 0 aliphatic heterocycles. The third-order valence-electron chi connectivity index (χ3n) is 8.84. The minimum atomic E-state index is -4.21. The molecule has 0 spiro atoms. The molecule has 0 saturated heterocycles. The molecule has 8 nitrogen and oxygen atoms in total. The Kier molecular flexibility index (Phi) is 7.18. The molecule has 5 aromatic carbocycles. The summed E-state index contributed by atoms with van der Waals surface area (Å²) in [4.78, 5) is 4.40. The van der Waals surface area contributed by atoms with Gasteiger partial charge in [0.2, 0.25) is 0 Å². The largest absolute Gasteiger partial charge is 2.00 e. The number of aryl methyl sites for hydroxylation is 1. The quantitative estimate of drug-likeness (QED) is 0.132. The molecule has 0 atom stereocenters. The fourth-order valence-corrected chi connectivity index (χ4v) is 7.86. The van der Waals surface area contributed by atoms with Crippen LogP contribution in [0.25, 0.3) is 66.3 Å². The summed E-state index contributed by atoms with van der Waals surface area (Å²) in [7, 11) is -4.21. The molecule has 0 fully saturated rings. The molecule has 9 aromatic rings. The average molecular weight is 834 g/mol. The van der Waals surface area contributed by atoms with Gasteiger partial charge in [-0.3, -0.25) is 0 Å². The van der Waals surface area contributed by atoms with Gasteiger partial charge in [-0.15, -0.1) is 41.5 Å². The van der Waals surface area contributed by atoms with Gasteiger partial charge in [0, 0.05) is 28.0 Å². The predicted octanol–water partition coefficient (Wildman–Crippen LogP) is 7.81. The minimum absolute atomic E-state index is 0. The van der Waals surface area contributed by atoms with Crippen LogP contribution in [0.3, 0.4) is 0 Å². The normalized spacial score (nSPS) is 11.8. The Morgan fingerprint density at radius 1 is 0.714 bits per heavy atom. The summed E-state index contributed by atoms with van der Waals surface area (Å²) in [6.45, 7) is 2.02. The third-order valence-corrected chi connectivity index (χ3v) is 10.5. The van der Waals surface area contributed by atoms with Crippen molar-refractivity contribution in [1.29, 1.82) is 5.26 Å². The van der Waals surface area contributed by atoms with Gasteiger partial charge in [0.05, 0.1) is 17.2 Å². The van der Waals surface area contributed by atoms with Crippen LogP contribution in [-0.4, -0.2) is 32.6 Å². The average Bonchev–Trinajstić information content (AvgIpc) is 3.72. The molecular formula is C39H22N6O2PtS. The number of hydrogen-bond acceptors (Lipinski definition) is 6. The number of nitriles is 1. The van der Waals surface area contributed by atoms with Crippen molar-refractivity contribution in [3.8, 4) is 23.1 Å². The van der Waals surface area contributed by atoms with Crippen LogP contribution in [0.4, 0.5) is 0 Å². The molecule has 0 bridgehead atoms. The van der Waals surface area contributed by atoms with Crippen molar-refractivity contribution in [3.05, 3.63) is 139 Å². The number of para-hydroxylation sites is 2. The first-order valence-corrected chi connectivity index (χ1v) is 16.7. The molecule has 4 heterocycles. The molecule has 49 heavy (non-hydrogen) atoms. The number of sulfone groups is 1. The number of benzene rings is 5. The van der Waals surface area contributed by atoms with Gasteiger partial charge in [0.1, 0.15) is 5.65 Å². The summed E-state index contributed by atoms with van der Waals surface area (Å²) < 4.78 is 32.7. The van der Waals surface area contributed by atoms with Crippen LogP contribution in [0.1, 0.15) is 11.1 Å². The minimum Gasteiger partial charge on any atom is -0.318 e. The molecule has 9 rings (SSSR count). The first-order valence-electron chi connectivity index (χ1n) is 15.2. The first-order chi connectivity index (χ1) is 23.4. The first kappa shape index (κ1) is 30.6. The summed E-state index contributed by atoms with van der Waals surface area (Å²) in [6.07, 6.45) is 1.69. The number of fused-ring (bicyclic) bond motifs is 9. The number of aromatic nitrogens is 5. The van der Waals surface area contributed by atoms with Crippen molar-refractivity contribution in [2.24, 2.45) is 0 Å². The fraction of sp³-hybridized carbons (Fsp3) is 0.0256. The van der Waals surface area contributed by atoms with E-state index in [0.717, 1.165) is 43.7 Å². The molecular weight excluding hydrogens is 812 g/mol. The van der Waals surface area contributed by atoms with Gasteiger partial charge in [-0.05, 0) is 51.9 Å². The van der Waals surface area contributed by atoms with Gasteiger partial charge >= 0.3 is 21.1 Å². The van der Waals surface area contributed by atoms with Crippen LogP contribution in [0.15, 0.2) is 125 Å². The van der Waals surface area contributed by atoms with E-state index in [0.29, 0.717) is 28.2 Å². The Hall–Kier alpha value is -5.68. The van der Waals surface area contributed by atoms with Gasteiger partial charge in [0.15, 0.2) is 15.7 Å². The van der Waals surface area contributed by atoms with Crippen molar-refractivity contribution in [3.63, 3.8) is 0 Å². The summed E-state index contributed by atoms with van der Waals surface area (Å²) >= 11 is 0. The van der Waals surface area contributed by atoms with Crippen molar-refractivity contribution < 1.29 is 29.5 Å². The molecule has 0 aliphatic carbocycles. The topological polar surface area (TPSA) is 106 Å². The van der Waals surface area contributed by atoms with E-state index in [2.05, 4.69) is 33.4 Å². The van der Waals surface area contributed by atoms with E-state index in [1.165, 1.54) is 6.07 Å². The van der Waals surface area contributed by atoms with E-state index in [4.69, 9.17) is 0 Å². The van der Waals surface area contributed by atoms with E-state index in [9.17, 15) is 13.7 Å². The Balaban J connectivity index is 0.00000348. The van der Waals surface area contributed by atoms with Crippen LogP contribution in [0.2, 0.25) is 0 Å². The standard InChI is InChI=1S/C39H22N6O2S.Pt/c1-24-9-2-3-10-29(24)38-42-43-39-34-22-27(16-17-30(34)31-11-4-7-15-36(31)45(38)39)48(46,47)28-20-25(23-40)19-26(21-28)44-35-14-6-5-12-32(35)33-13-8-18-41-37(33)44;/h2-20H,1H3;/q-2;+2. The van der Waals surface area contributed by atoms with Gasteiger partial charge in [0.25, 0.3) is 0 Å². The van der Waals surface area contributed by atoms with Gasteiger partial charge in [-0.1, -0.05) is 82.7 Å². The maximum Gasteiger partial charge on any atom is 2.00 e. The molecule has 0 aliphatic rings. The summed E-state index contributed by atoms with van der Waals surface area (Å²) in [6, 6.07) is 42.2. The number of nitrogens with zero attached hydrogens (tertiary/aromatic N) is 6. The van der Waals surface area contributed by atoms with E-state index >= 15 is 0 Å². The third kappa shape index (κ3) is 4.60. The number of pyridine rings is 2. The summed E-state index contributed by atoms with van der Waals surface area (Å²) in [5, 5.41) is 23.3. The summed E-state index contributed by atoms with van der Waals surface area (Å²) in [5.41, 5.74) is 5.38. The van der Waals surface area contributed by atoms with Gasteiger partial charge in [-0.2, -0.15) is 10.4 Å². The van der Waals surface area contributed by atoms with Crippen LogP contribution in [0, 0.1) is 30.4 Å². The Bertz CT molecular complexity index is 2910. The van der Waals surface area contributed by atoms with Crippen LogP contribution in [0.5, 0.6) is 0 Å². The second-order valence-electron chi connectivity index (χ2n) is 11.6. The van der Waals surface area contributed by atoms with Crippen molar-refractivity contribution in [1.82, 2.24) is 24.1 Å². The molecule has 0 radical (unpaired) electrons. The zero-order valence-corrected chi connectivity index (χ0v) is 28.8. The molecule has 10 heteroatoms. The zero-order valence-electron chi connectivity index (χ0n) is 25.7. The van der Waals surface area contributed by atoms with E-state index in [1.807, 2.05) is 101 Å². The van der Waals surface area contributed by atoms with Crippen molar-refractivity contribution in [2.45, 2.75) is 16.7 Å². The maximum absolute atomic E-state index is 14.4. The van der Waals surface area contributed by atoms with E-state index < -0.39 is 9.84 Å². The fourth-order valence-electron chi connectivity index (χ4n) is 6.62. The second-order valence-corrected chi connectivity index (χ2v) is 13.5. The Labute approximate surface area is 295 Å². The van der Waals surface area contributed by atoms with Crippen LogP contribution < -0.4 is 0 Å². The smallest absolute Gasteiger partial charge is 0.318 e. The maximum atomic E-state index is 14.4. The molecule has 0 unspecified atom stereocenters. The second kappa shape index (κ2) is 11.5. The van der Waals surface area contributed by atoms with Crippen molar-refractivity contribution in [2.75, 3.05) is 0 Å². The molecule has 0 amide bonds. The monoisotopic (exact) mass is 833 g/mol. The zero-order chi connectivity index (χ0) is 32.6. The predicted molar refractivity (Wildman–Crippen MR) is 185 cm³/mol. The van der Waals surface area contributed by atoms with Crippen LogP contribution >= 0.6 is 0 Å². The van der Waals surface area contributed by atoms with Gasteiger partial charge < -0.3 is 8.97 Å². The molecule has 236 valence electrons. The molecule has 0 saturated carbocycles. The number of hydrogen-bond donors (Lipinski definition) is 0. The SMILES string of the molecule is Cc1ccccc1-c1nnc2c3[c-]c(S(=O)(=O)c4[c-]c(-n5c6ccccc6c6cccnc65)cc(C#N)c4)ccc3c3ccccc3n12.[Pt+2]. The Morgan fingerprint density at radius 2 is 1.43 bits per heavy atom. The molecule has 0 N–H and O–H groups in total. The van der Waals surface area contributed by atoms with Crippen LogP contribution in [-0.2, 0) is 30.9 Å². The van der Waals surface area contributed by atoms with E-state index in [1.54, 1.807) is 24.4 Å². The Morgan fingerprint density at radius 3 is 2.22 bits per heavy atom. The van der Waals surface area contributed by atoms with Gasteiger partial charge in [-0.25, -0.2) is 13.4 Å².